The zero-order chi connectivity index (χ0) is 14.2. The first-order valence-corrected chi connectivity index (χ1v) is 6.39. The molecule has 0 aliphatic carbocycles. The van der Waals surface area contributed by atoms with Gasteiger partial charge in [-0.2, -0.15) is 0 Å². The average Bonchev–Trinajstić information content (AvgIpc) is 2.45. The first-order valence-electron chi connectivity index (χ1n) is 6.39. The summed E-state index contributed by atoms with van der Waals surface area (Å²) in [4.78, 5) is 15.6. The lowest BCUT2D eigenvalue weighted by Gasteiger charge is -2.07. The van der Waals surface area contributed by atoms with Crippen molar-refractivity contribution in [1.29, 1.82) is 0 Å². The topological polar surface area (TPSA) is 54.0 Å². The third-order valence-electron chi connectivity index (χ3n) is 2.73. The smallest absolute Gasteiger partial charge is 0.238 e. The van der Waals surface area contributed by atoms with E-state index in [1.165, 1.54) is 12.1 Å². The highest BCUT2D eigenvalue weighted by molar-refractivity contribution is 5.92. The maximum atomic E-state index is 12.9. The number of benzene rings is 1. The van der Waals surface area contributed by atoms with Gasteiger partial charge in [-0.1, -0.05) is 6.07 Å². The van der Waals surface area contributed by atoms with E-state index in [1.54, 1.807) is 24.5 Å². The monoisotopic (exact) mass is 273 g/mol. The molecule has 2 N–H and O–H groups in total. The molecule has 1 heterocycles. The van der Waals surface area contributed by atoms with Crippen LogP contribution in [0.4, 0.5) is 10.1 Å². The Morgan fingerprint density at radius 2 is 2.00 bits per heavy atom. The zero-order valence-electron chi connectivity index (χ0n) is 11.0. The molecule has 1 aromatic carbocycles. The van der Waals surface area contributed by atoms with Crippen LogP contribution in [0.3, 0.4) is 0 Å². The van der Waals surface area contributed by atoms with Crippen LogP contribution < -0.4 is 10.6 Å². The van der Waals surface area contributed by atoms with Crippen LogP contribution in [-0.2, 0) is 11.2 Å². The molecule has 104 valence electrons. The van der Waals surface area contributed by atoms with Crippen molar-refractivity contribution in [2.75, 3.05) is 18.4 Å². The fourth-order valence-electron chi connectivity index (χ4n) is 1.76. The van der Waals surface area contributed by atoms with Crippen LogP contribution in [0, 0.1) is 5.82 Å². The molecular formula is C15H16FN3O. The van der Waals surface area contributed by atoms with Gasteiger partial charge in [0, 0.05) is 18.1 Å². The van der Waals surface area contributed by atoms with Crippen molar-refractivity contribution in [1.82, 2.24) is 10.3 Å². The summed E-state index contributed by atoms with van der Waals surface area (Å²) in [5.74, 6) is -0.557. The van der Waals surface area contributed by atoms with Crippen molar-refractivity contribution in [3.63, 3.8) is 0 Å². The molecule has 1 amide bonds. The summed E-state index contributed by atoms with van der Waals surface area (Å²) in [6.07, 6.45) is 4.31. The van der Waals surface area contributed by atoms with Crippen LogP contribution in [0.25, 0.3) is 0 Å². The number of anilines is 1. The summed E-state index contributed by atoms with van der Waals surface area (Å²) in [7, 11) is 0. The van der Waals surface area contributed by atoms with Crippen LogP contribution >= 0.6 is 0 Å². The van der Waals surface area contributed by atoms with Gasteiger partial charge in [0.05, 0.1) is 6.54 Å². The minimum Gasteiger partial charge on any atom is -0.325 e. The van der Waals surface area contributed by atoms with Gasteiger partial charge in [0.2, 0.25) is 5.91 Å². The van der Waals surface area contributed by atoms with Gasteiger partial charge in [-0.3, -0.25) is 9.78 Å². The fraction of sp³-hybridized carbons (Fsp3) is 0.200. The highest BCUT2D eigenvalue weighted by Crippen LogP contribution is 2.08. The second kappa shape index (κ2) is 7.35. The highest BCUT2D eigenvalue weighted by Gasteiger charge is 2.02. The van der Waals surface area contributed by atoms with Crippen molar-refractivity contribution in [2.24, 2.45) is 0 Å². The molecule has 20 heavy (non-hydrogen) atoms. The van der Waals surface area contributed by atoms with Crippen LogP contribution in [-0.4, -0.2) is 24.0 Å². The highest BCUT2D eigenvalue weighted by atomic mass is 19.1. The van der Waals surface area contributed by atoms with Crippen molar-refractivity contribution in [2.45, 2.75) is 6.42 Å². The normalized spacial score (nSPS) is 10.2. The third-order valence-corrected chi connectivity index (χ3v) is 2.73. The minimum absolute atomic E-state index is 0.190. The predicted molar refractivity (Wildman–Crippen MR) is 75.8 cm³/mol. The first-order chi connectivity index (χ1) is 9.74. The summed E-state index contributed by atoms with van der Waals surface area (Å²) in [5, 5.41) is 5.67. The molecule has 0 bridgehead atoms. The van der Waals surface area contributed by atoms with Gasteiger partial charge in [0.15, 0.2) is 0 Å². The predicted octanol–water partition coefficient (Wildman–Crippen LogP) is 1.99. The second-order valence-corrected chi connectivity index (χ2v) is 4.34. The molecule has 1 aromatic heterocycles. The number of rotatable bonds is 6. The number of carbonyl (C=O) groups is 1. The molecule has 0 fully saturated rings. The molecule has 0 spiro atoms. The van der Waals surface area contributed by atoms with Gasteiger partial charge in [-0.25, -0.2) is 4.39 Å². The van der Waals surface area contributed by atoms with E-state index in [2.05, 4.69) is 15.6 Å². The summed E-state index contributed by atoms with van der Waals surface area (Å²) >= 11 is 0. The first kappa shape index (κ1) is 14.1. The fourth-order valence-corrected chi connectivity index (χ4v) is 1.76. The molecule has 0 atom stereocenters. The summed E-state index contributed by atoms with van der Waals surface area (Å²) < 4.78 is 12.9. The number of nitrogens with zero attached hydrogens (tertiary/aromatic N) is 1. The number of hydrogen-bond acceptors (Lipinski definition) is 3. The van der Waals surface area contributed by atoms with E-state index < -0.39 is 0 Å². The number of pyridine rings is 1. The lowest BCUT2D eigenvalue weighted by Crippen LogP contribution is -2.29. The number of halogens is 1. The van der Waals surface area contributed by atoms with E-state index in [1.807, 2.05) is 12.1 Å². The van der Waals surface area contributed by atoms with Crippen LogP contribution in [0.15, 0.2) is 48.8 Å². The third kappa shape index (κ3) is 4.78. The summed E-state index contributed by atoms with van der Waals surface area (Å²) in [6, 6.07) is 9.71. The molecule has 4 nitrogen and oxygen atoms in total. The quantitative estimate of drug-likeness (QED) is 0.791. The molecule has 5 heteroatoms. The Kier molecular flexibility index (Phi) is 5.20. The second-order valence-electron chi connectivity index (χ2n) is 4.34. The summed E-state index contributed by atoms with van der Waals surface area (Å²) in [5.41, 5.74) is 1.63. The van der Waals surface area contributed by atoms with Crippen molar-refractivity contribution in [3.05, 3.63) is 60.2 Å². The van der Waals surface area contributed by atoms with Crippen LogP contribution in [0.2, 0.25) is 0 Å². The Hall–Kier alpha value is -2.27. The van der Waals surface area contributed by atoms with Crippen LogP contribution in [0.5, 0.6) is 0 Å². The van der Waals surface area contributed by atoms with E-state index >= 15 is 0 Å². The molecule has 0 radical (unpaired) electrons. The Balaban J connectivity index is 1.68. The minimum atomic E-state index is -0.367. The number of hydrogen-bond donors (Lipinski definition) is 2. The van der Waals surface area contributed by atoms with Gasteiger partial charge in [0.25, 0.3) is 0 Å². The Morgan fingerprint density at radius 3 is 2.75 bits per heavy atom. The lowest BCUT2D eigenvalue weighted by molar-refractivity contribution is -0.115. The number of nitrogens with one attached hydrogen (secondary N) is 2. The number of amides is 1. The Labute approximate surface area is 117 Å². The molecule has 0 aliphatic rings. The van der Waals surface area contributed by atoms with Crippen LogP contribution in [0.1, 0.15) is 5.56 Å². The average molecular weight is 273 g/mol. The molecule has 0 unspecified atom stereocenters. The van der Waals surface area contributed by atoms with Gasteiger partial charge in [-0.05, 0) is 48.9 Å². The molecule has 0 saturated heterocycles. The van der Waals surface area contributed by atoms with E-state index in [9.17, 15) is 9.18 Å². The lowest BCUT2D eigenvalue weighted by atomic mass is 10.2. The largest absolute Gasteiger partial charge is 0.325 e. The zero-order valence-corrected chi connectivity index (χ0v) is 11.0. The maximum absolute atomic E-state index is 12.9. The van der Waals surface area contributed by atoms with Gasteiger partial charge < -0.3 is 10.6 Å². The SMILES string of the molecule is O=C(CNCCc1ccncc1)Nc1cccc(F)c1. The van der Waals surface area contributed by atoms with Gasteiger partial charge >= 0.3 is 0 Å². The number of aromatic nitrogens is 1. The van der Waals surface area contributed by atoms with E-state index in [0.717, 1.165) is 12.0 Å². The molecule has 0 saturated carbocycles. The summed E-state index contributed by atoms with van der Waals surface area (Å²) in [6.45, 7) is 0.891. The Morgan fingerprint density at radius 1 is 1.20 bits per heavy atom. The van der Waals surface area contributed by atoms with Gasteiger partial charge in [0.1, 0.15) is 5.82 Å². The maximum Gasteiger partial charge on any atom is 0.238 e. The van der Waals surface area contributed by atoms with Gasteiger partial charge in [-0.15, -0.1) is 0 Å². The van der Waals surface area contributed by atoms with Crippen molar-refractivity contribution >= 4 is 11.6 Å². The molecule has 2 rings (SSSR count). The number of carbonyl (C=O) groups excluding carboxylic acids is 1. The van der Waals surface area contributed by atoms with E-state index in [-0.39, 0.29) is 18.3 Å². The van der Waals surface area contributed by atoms with E-state index in [0.29, 0.717) is 12.2 Å². The van der Waals surface area contributed by atoms with Crippen molar-refractivity contribution in [3.8, 4) is 0 Å². The van der Waals surface area contributed by atoms with E-state index in [4.69, 9.17) is 0 Å². The molecule has 0 aliphatic heterocycles. The standard InChI is InChI=1S/C15H16FN3O/c16-13-2-1-3-14(10-13)19-15(20)11-18-9-6-12-4-7-17-8-5-12/h1-5,7-8,10,18H,6,9,11H2,(H,19,20). The Bertz CT molecular complexity index is 560. The molecular weight excluding hydrogens is 257 g/mol. The molecule has 2 aromatic rings. The van der Waals surface area contributed by atoms with Crippen molar-refractivity contribution < 1.29 is 9.18 Å².